The quantitative estimate of drug-likeness (QED) is 0.599. The summed E-state index contributed by atoms with van der Waals surface area (Å²) in [5.41, 5.74) is 0.703. The summed E-state index contributed by atoms with van der Waals surface area (Å²) in [5.74, 6) is 0.598. The second-order valence-electron chi connectivity index (χ2n) is 4.34. The van der Waals surface area contributed by atoms with E-state index in [0.29, 0.717) is 11.3 Å². The summed E-state index contributed by atoms with van der Waals surface area (Å²) < 4.78 is 28.9. The molecule has 5 nitrogen and oxygen atoms in total. The van der Waals surface area contributed by atoms with Gasteiger partial charge < -0.3 is 4.74 Å². The molecule has 2 aromatic rings. The van der Waals surface area contributed by atoms with Gasteiger partial charge in [0.1, 0.15) is 19.0 Å². The first-order chi connectivity index (χ1) is 10.2. The van der Waals surface area contributed by atoms with Crippen molar-refractivity contribution in [2.45, 2.75) is 5.75 Å². The van der Waals surface area contributed by atoms with Crippen LogP contribution < -0.4 is 9.62 Å². The molecule has 6 heteroatoms. The average Bonchev–Trinajstić information content (AvgIpc) is 2.48. The van der Waals surface area contributed by atoms with Crippen LogP contribution in [0.4, 0.5) is 0 Å². The van der Waals surface area contributed by atoms with Crippen molar-refractivity contribution in [1.29, 1.82) is 0 Å². The van der Waals surface area contributed by atoms with E-state index in [1.54, 1.807) is 24.3 Å². The molecule has 21 heavy (non-hydrogen) atoms. The van der Waals surface area contributed by atoms with Gasteiger partial charge in [0.25, 0.3) is 0 Å². The second kappa shape index (κ2) is 7.78. The van der Waals surface area contributed by atoms with Crippen LogP contribution in [-0.4, -0.2) is 21.6 Å². The van der Waals surface area contributed by atoms with Crippen molar-refractivity contribution in [3.63, 3.8) is 0 Å². The van der Waals surface area contributed by atoms with Gasteiger partial charge in [-0.25, -0.2) is 8.42 Å². The van der Waals surface area contributed by atoms with Gasteiger partial charge in [-0.15, -0.1) is 0 Å². The Morgan fingerprint density at radius 2 is 1.48 bits per heavy atom. The Hall–Kier alpha value is -1.89. The number of rotatable bonds is 8. The zero-order chi connectivity index (χ0) is 15.0. The number of sulfonamides is 1. The van der Waals surface area contributed by atoms with Gasteiger partial charge in [0, 0.05) is 0 Å². The number of ether oxygens (including phenoxy) is 1. The zero-order valence-corrected chi connectivity index (χ0v) is 12.3. The Kier molecular flexibility index (Phi) is 5.74. The third-order valence-electron chi connectivity index (χ3n) is 2.58. The third kappa shape index (κ3) is 5.95. The van der Waals surface area contributed by atoms with E-state index in [-0.39, 0.29) is 19.0 Å². The Labute approximate surface area is 124 Å². The van der Waals surface area contributed by atoms with Gasteiger partial charge in [-0.1, -0.05) is 53.4 Å². The molecule has 0 spiro atoms. The molecule has 0 saturated heterocycles. The van der Waals surface area contributed by atoms with E-state index < -0.39 is 10.0 Å². The maximum Gasteiger partial charge on any atom is 0.237 e. The highest BCUT2D eigenvalue weighted by Gasteiger charge is 2.11. The minimum Gasteiger partial charge on any atom is -0.491 e. The average molecular weight is 307 g/mol. The van der Waals surface area contributed by atoms with Crippen LogP contribution in [0.5, 0.6) is 5.75 Å². The summed E-state index contributed by atoms with van der Waals surface area (Å²) in [5, 5.41) is 0. The number of hydrogen-bond donors (Lipinski definition) is 1. The van der Waals surface area contributed by atoms with Crippen LogP contribution in [0.15, 0.2) is 60.7 Å². The van der Waals surface area contributed by atoms with Gasteiger partial charge in [-0.05, 0) is 17.7 Å². The first-order valence-electron chi connectivity index (χ1n) is 6.49. The smallest absolute Gasteiger partial charge is 0.237 e. The fourth-order valence-corrected chi connectivity index (χ4v) is 2.63. The van der Waals surface area contributed by atoms with Crippen molar-refractivity contribution in [3.05, 3.63) is 66.2 Å². The SMILES string of the molecule is O=S(=O)(Cc1ccccc1)NOCCOc1ccccc1. The van der Waals surface area contributed by atoms with Crippen molar-refractivity contribution in [3.8, 4) is 5.75 Å². The van der Waals surface area contributed by atoms with Gasteiger partial charge in [-0.3, -0.25) is 4.84 Å². The monoisotopic (exact) mass is 307 g/mol. The highest BCUT2D eigenvalue weighted by molar-refractivity contribution is 7.88. The summed E-state index contributed by atoms with van der Waals surface area (Å²) >= 11 is 0. The van der Waals surface area contributed by atoms with Crippen molar-refractivity contribution >= 4 is 10.0 Å². The van der Waals surface area contributed by atoms with Crippen molar-refractivity contribution in [1.82, 2.24) is 4.89 Å². The summed E-state index contributed by atoms with van der Waals surface area (Å²) in [6, 6.07) is 18.2. The van der Waals surface area contributed by atoms with Crippen LogP contribution in [0.1, 0.15) is 5.56 Å². The van der Waals surface area contributed by atoms with Gasteiger partial charge in [0.05, 0.1) is 5.75 Å². The molecule has 0 bridgehead atoms. The minimum atomic E-state index is -3.51. The highest BCUT2D eigenvalue weighted by atomic mass is 32.2. The topological polar surface area (TPSA) is 64.6 Å². The number of benzene rings is 2. The molecular weight excluding hydrogens is 290 g/mol. The van der Waals surface area contributed by atoms with Crippen LogP contribution >= 0.6 is 0 Å². The Morgan fingerprint density at radius 3 is 2.14 bits per heavy atom. The summed E-state index contributed by atoms with van der Waals surface area (Å²) in [6.07, 6.45) is 0. The Bertz CT molecular complexity index is 629. The molecule has 2 aromatic carbocycles. The summed E-state index contributed by atoms with van der Waals surface area (Å²) in [6.45, 7) is 0.390. The lowest BCUT2D eigenvalue weighted by Crippen LogP contribution is -2.27. The van der Waals surface area contributed by atoms with Gasteiger partial charge in [0.2, 0.25) is 10.0 Å². The first kappa shape index (κ1) is 15.5. The lowest BCUT2D eigenvalue weighted by molar-refractivity contribution is 0.0665. The fourth-order valence-electron chi connectivity index (χ4n) is 1.67. The third-order valence-corrected chi connectivity index (χ3v) is 3.67. The first-order valence-corrected chi connectivity index (χ1v) is 8.14. The lowest BCUT2D eigenvalue weighted by atomic mass is 10.2. The molecular formula is C15H17NO4S. The van der Waals surface area contributed by atoms with Gasteiger partial charge in [0.15, 0.2) is 0 Å². The Morgan fingerprint density at radius 1 is 0.857 bits per heavy atom. The molecule has 0 aliphatic heterocycles. The summed E-state index contributed by atoms with van der Waals surface area (Å²) in [7, 11) is -3.51. The molecule has 0 unspecified atom stereocenters. The van der Waals surface area contributed by atoms with E-state index >= 15 is 0 Å². The van der Waals surface area contributed by atoms with Crippen molar-refractivity contribution < 1.29 is 18.0 Å². The second-order valence-corrected chi connectivity index (χ2v) is 6.02. The Balaban J connectivity index is 1.68. The maximum absolute atomic E-state index is 11.8. The fraction of sp³-hybridized carbons (Fsp3) is 0.200. The molecule has 112 valence electrons. The molecule has 2 rings (SSSR count). The van der Waals surface area contributed by atoms with Crippen LogP contribution in [0.3, 0.4) is 0 Å². The standard InChI is InChI=1S/C15H17NO4S/c17-21(18,13-14-7-3-1-4-8-14)16-20-12-11-19-15-9-5-2-6-10-15/h1-10,16H,11-13H2. The molecule has 0 saturated carbocycles. The molecule has 0 fully saturated rings. The zero-order valence-electron chi connectivity index (χ0n) is 11.4. The van der Waals surface area contributed by atoms with Crippen molar-refractivity contribution in [2.24, 2.45) is 0 Å². The molecule has 0 radical (unpaired) electrons. The largest absolute Gasteiger partial charge is 0.491 e. The van der Waals surface area contributed by atoms with Gasteiger partial charge >= 0.3 is 0 Å². The number of hydrogen-bond acceptors (Lipinski definition) is 4. The van der Waals surface area contributed by atoms with E-state index in [9.17, 15) is 8.42 Å². The molecule has 0 aliphatic carbocycles. The van der Waals surface area contributed by atoms with Crippen LogP contribution in [0.2, 0.25) is 0 Å². The van der Waals surface area contributed by atoms with E-state index in [0.717, 1.165) is 0 Å². The molecule has 0 atom stereocenters. The minimum absolute atomic E-state index is 0.118. The van der Waals surface area contributed by atoms with Crippen molar-refractivity contribution in [2.75, 3.05) is 13.2 Å². The molecule has 1 N–H and O–H groups in total. The number of para-hydroxylation sites is 1. The van der Waals surface area contributed by atoms with E-state index in [4.69, 9.17) is 9.57 Å². The molecule has 0 aromatic heterocycles. The van der Waals surface area contributed by atoms with Gasteiger partial charge in [-0.2, -0.15) is 0 Å². The number of nitrogens with one attached hydrogen (secondary N) is 1. The molecule has 0 aliphatic rings. The normalized spacial score (nSPS) is 11.2. The molecule has 0 heterocycles. The lowest BCUT2D eigenvalue weighted by Gasteiger charge is -2.08. The predicted molar refractivity (Wildman–Crippen MR) is 80.1 cm³/mol. The predicted octanol–water partition coefficient (Wildman–Crippen LogP) is 2.12. The van der Waals surface area contributed by atoms with E-state index in [2.05, 4.69) is 4.89 Å². The summed E-state index contributed by atoms with van der Waals surface area (Å²) in [4.78, 5) is 7.02. The highest BCUT2D eigenvalue weighted by Crippen LogP contribution is 2.07. The van der Waals surface area contributed by atoms with Crippen LogP contribution in [0, 0.1) is 0 Å². The molecule has 0 amide bonds. The van der Waals surface area contributed by atoms with Crippen LogP contribution in [-0.2, 0) is 20.6 Å². The van der Waals surface area contributed by atoms with E-state index in [1.807, 2.05) is 36.4 Å². The van der Waals surface area contributed by atoms with E-state index in [1.165, 1.54) is 0 Å². The maximum atomic E-state index is 11.8. The van der Waals surface area contributed by atoms with Crippen LogP contribution in [0.25, 0.3) is 0 Å².